The van der Waals surface area contributed by atoms with Crippen LogP contribution in [0.15, 0.2) is 0 Å². The third-order valence-corrected chi connectivity index (χ3v) is 8.78. The largest absolute Gasteiger partial charge is 0.481 e. The zero-order valence-electron chi connectivity index (χ0n) is 24.7. The zero-order chi connectivity index (χ0) is 29.2. The zero-order valence-corrected chi connectivity index (χ0v) is 24.7. The second-order valence-electron chi connectivity index (χ2n) is 13.2. The maximum Gasteiger partial charge on any atom is 0.309 e. The summed E-state index contributed by atoms with van der Waals surface area (Å²) in [5, 5.41) is 25.5. The number of nitrogens with zero attached hydrogens (tertiary/aromatic N) is 2. The lowest BCUT2D eigenvalue weighted by molar-refractivity contribution is -0.152. The number of hydrogen-bond acceptors (Lipinski definition) is 6. The SMILES string of the molecule is CC1(C)NC(=O)C(C)(C)N1CCC(CCCCCCCC(=O)O)(CCN1C(C)(C)NC(=O)C1(C)C)C(=O)O. The maximum absolute atomic E-state index is 13.0. The van der Waals surface area contributed by atoms with Crippen molar-refractivity contribution in [3.05, 3.63) is 0 Å². The number of amides is 2. The summed E-state index contributed by atoms with van der Waals surface area (Å²) in [6.07, 6.45) is 5.22. The summed E-state index contributed by atoms with van der Waals surface area (Å²) in [6, 6.07) is 0. The summed E-state index contributed by atoms with van der Waals surface area (Å²) in [5.74, 6) is -1.80. The van der Waals surface area contributed by atoms with Crippen molar-refractivity contribution in [2.24, 2.45) is 5.41 Å². The molecule has 0 radical (unpaired) electrons. The van der Waals surface area contributed by atoms with Gasteiger partial charge < -0.3 is 20.8 Å². The Morgan fingerprint density at radius 2 is 1.08 bits per heavy atom. The summed E-state index contributed by atoms with van der Waals surface area (Å²) in [5.41, 5.74) is -3.73. The molecule has 218 valence electrons. The lowest BCUT2D eigenvalue weighted by atomic mass is 9.75. The second kappa shape index (κ2) is 11.5. The van der Waals surface area contributed by atoms with Gasteiger partial charge in [0.05, 0.1) is 27.8 Å². The number of carboxylic acid groups (broad SMARTS) is 2. The van der Waals surface area contributed by atoms with E-state index < -0.39 is 39.8 Å². The van der Waals surface area contributed by atoms with Gasteiger partial charge in [0, 0.05) is 19.5 Å². The molecule has 2 rings (SSSR count). The van der Waals surface area contributed by atoms with Gasteiger partial charge in [-0.1, -0.05) is 25.7 Å². The van der Waals surface area contributed by atoms with E-state index in [0.717, 1.165) is 19.3 Å². The van der Waals surface area contributed by atoms with Crippen LogP contribution in [-0.2, 0) is 19.2 Å². The molecule has 2 aliphatic rings. The van der Waals surface area contributed by atoms with E-state index in [1.807, 2.05) is 55.4 Å². The van der Waals surface area contributed by atoms with Crippen molar-refractivity contribution in [1.29, 1.82) is 0 Å². The van der Waals surface area contributed by atoms with Gasteiger partial charge in [-0.05, 0) is 81.1 Å². The van der Waals surface area contributed by atoms with E-state index >= 15 is 0 Å². The summed E-state index contributed by atoms with van der Waals surface area (Å²) in [7, 11) is 0. The molecule has 0 aromatic rings. The lowest BCUT2D eigenvalue weighted by Crippen LogP contribution is -2.54. The maximum atomic E-state index is 13.0. The topological polar surface area (TPSA) is 139 Å². The first kappa shape index (κ1) is 32.0. The van der Waals surface area contributed by atoms with E-state index in [1.165, 1.54) is 0 Å². The van der Waals surface area contributed by atoms with E-state index in [9.17, 15) is 24.3 Å². The van der Waals surface area contributed by atoms with E-state index in [2.05, 4.69) is 20.4 Å². The van der Waals surface area contributed by atoms with Gasteiger partial charge in [0.15, 0.2) is 0 Å². The minimum Gasteiger partial charge on any atom is -0.481 e. The van der Waals surface area contributed by atoms with Crippen LogP contribution in [-0.4, -0.2) is 79.3 Å². The van der Waals surface area contributed by atoms with Crippen molar-refractivity contribution in [3.8, 4) is 0 Å². The minimum atomic E-state index is -1.03. The molecule has 0 bridgehead atoms. The van der Waals surface area contributed by atoms with Crippen LogP contribution in [0.2, 0.25) is 0 Å². The third-order valence-electron chi connectivity index (χ3n) is 8.78. The fourth-order valence-electron chi connectivity index (χ4n) is 6.37. The quantitative estimate of drug-likeness (QED) is 0.232. The van der Waals surface area contributed by atoms with Crippen LogP contribution in [0.3, 0.4) is 0 Å². The molecule has 0 aromatic carbocycles. The van der Waals surface area contributed by atoms with Gasteiger partial charge in [0.2, 0.25) is 11.8 Å². The first-order valence-corrected chi connectivity index (χ1v) is 14.0. The van der Waals surface area contributed by atoms with Gasteiger partial charge in [-0.15, -0.1) is 0 Å². The fraction of sp³-hybridized carbons (Fsp3) is 0.857. The number of rotatable bonds is 15. The van der Waals surface area contributed by atoms with Crippen LogP contribution in [0.25, 0.3) is 0 Å². The highest BCUT2D eigenvalue weighted by atomic mass is 16.4. The highest BCUT2D eigenvalue weighted by Crippen LogP contribution is 2.40. The Kier molecular flexibility index (Phi) is 9.69. The van der Waals surface area contributed by atoms with Crippen molar-refractivity contribution < 1.29 is 29.4 Å². The molecule has 2 saturated heterocycles. The van der Waals surface area contributed by atoms with Crippen molar-refractivity contribution >= 4 is 23.8 Å². The van der Waals surface area contributed by atoms with Gasteiger partial charge in [0.1, 0.15) is 0 Å². The Balaban J connectivity index is 2.22. The molecule has 2 fully saturated rings. The Labute approximate surface area is 227 Å². The average molecular weight is 539 g/mol. The lowest BCUT2D eigenvalue weighted by Gasteiger charge is -2.42. The molecule has 0 unspecified atom stereocenters. The molecule has 0 aromatic heterocycles. The van der Waals surface area contributed by atoms with Gasteiger partial charge in [-0.2, -0.15) is 0 Å². The molecule has 38 heavy (non-hydrogen) atoms. The van der Waals surface area contributed by atoms with E-state index in [4.69, 9.17) is 5.11 Å². The molecule has 0 spiro atoms. The van der Waals surface area contributed by atoms with Crippen LogP contribution >= 0.6 is 0 Å². The van der Waals surface area contributed by atoms with Gasteiger partial charge in [-0.3, -0.25) is 29.0 Å². The van der Waals surface area contributed by atoms with Crippen LogP contribution in [0.5, 0.6) is 0 Å². The predicted molar refractivity (Wildman–Crippen MR) is 145 cm³/mol. The first-order valence-electron chi connectivity index (χ1n) is 14.0. The molecular formula is C28H50N4O6. The van der Waals surface area contributed by atoms with Gasteiger partial charge in [-0.25, -0.2) is 0 Å². The van der Waals surface area contributed by atoms with Gasteiger partial charge >= 0.3 is 11.9 Å². The third kappa shape index (κ3) is 6.86. The minimum absolute atomic E-state index is 0.0741. The van der Waals surface area contributed by atoms with Crippen molar-refractivity contribution in [2.45, 2.75) is 136 Å². The van der Waals surface area contributed by atoms with Gasteiger partial charge in [0.25, 0.3) is 0 Å². The summed E-state index contributed by atoms with van der Waals surface area (Å²) >= 11 is 0. The van der Waals surface area contributed by atoms with Crippen LogP contribution in [0.1, 0.15) is 113 Å². The van der Waals surface area contributed by atoms with Crippen molar-refractivity contribution in [2.75, 3.05) is 13.1 Å². The van der Waals surface area contributed by atoms with E-state index in [1.54, 1.807) is 0 Å². The standard InChI is InChI=1S/C28H50N4O6/c1-24(2)21(35)29-26(5,6)31(24)18-16-28(23(37)38,15-13-11-9-10-12-14-20(33)34)17-19-32-25(3,4)22(36)30-27(32,7)8/h9-19H2,1-8H3,(H,29,35)(H,30,36)(H,33,34)(H,37,38). The highest BCUT2D eigenvalue weighted by Gasteiger charge is 2.53. The van der Waals surface area contributed by atoms with Crippen LogP contribution in [0.4, 0.5) is 0 Å². The molecule has 0 saturated carbocycles. The number of aliphatic carboxylic acids is 2. The molecule has 2 aliphatic heterocycles. The van der Waals surface area contributed by atoms with Crippen molar-refractivity contribution in [1.82, 2.24) is 20.4 Å². The number of nitrogens with one attached hydrogen (secondary N) is 2. The monoisotopic (exact) mass is 538 g/mol. The second-order valence-corrected chi connectivity index (χ2v) is 13.2. The molecule has 0 aliphatic carbocycles. The number of carbonyl (C=O) groups is 4. The average Bonchev–Trinajstić information content (AvgIpc) is 3.02. The molecular weight excluding hydrogens is 488 g/mol. The van der Waals surface area contributed by atoms with E-state index in [-0.39, 0.29) is 18.2 Å². The predicted octanol–water partition coefficient (Wildman–Crippen LogP) is 3.55. The molecule has 2 heterocycles. The normalized spacial score (nSPS) is 22.3. The number of carbonyl (C=O) groups excluding carboxylic acids is 2. The highest BCUT2D eigenvalue weighted by molar-refractivity contribution is 5.89. The molecule has 4 N–H and O–H groups in total. The van der Waals surface area contributed by atoms with Crippen LogP contribution < -0.4 is 10.6 Å². The molecule has 2 amide bonds. The molecule has 10 nitrogen and oxygen atoms in total. The number of carboxylic acids is 2. The Bertz CT molecular complexity index is 861. The smallest absolute Gasteiger partial charge is 0.309 e. The summed E-state index contributed by atoms with van der Waals surface area (Å²) in [4.78, 5) is 53.1. The first-order chi connectivity index (χ1) is 17.3. The van der Waals surface area contributed by atoms with E-state index in [0.29, 0.717) is 45.2 Å². The Morgan fingerprint density at radius 1 is 0.684 bits per heavy atom. The Hall–Kier alpha value is -2.20. The number of unbranched alkanes of at least 4 members (excludes halogenated alkanes) is 4. The molecule has 0 atom stereocenters. The summed E-state index contributed by atoms with van der Waals surface area (Å²) < 4.78 is 0. The fourth-order valence-corrected chi connectivity index (χ4v) is 6.37. The summed E-state index contributed by atoms with van der Waals surface area (Å²) in [6.45, 7) is 16.1. The molecule has 10 heteroatoms. The van der Waals surface area contributed by atoms with Crippen LogP contribution in [0, 0.1) is 5.41 Å². The Morgan fingerprint density at radius 3 is 1.42 bits per heavy atom. The van der Waals surface area contributed by atoms with Crippen molar-refractivity contribution in [3.63, 3.8) is 0 Å². The number of hydrogen-bond donors (Lipinski definition) is 4.